The molecule has 0 aliphatic heterocycles. The van der Waals surface area contributed by atoms with Gasteiger partial charge in [-0.15, -0.1) is 0 Å². The Balaban J connectivity index is -0.0000000787. The van der Waals surface area contributed by atoms with Crippen molar-refractivity contribution in [2.45, 2.75) is 40.7 Å². The van der Waals surface area contributed by atoms with Gasteiger partial charge in [-0.3, -0.25) is 0 Å². The molecule has 64 valence electrons. The van der Waals surface area contributed by atoms with Crippen molar-refractivity contribution in [2.75, 3.05) is 0 Å². The first-order valence-corrected chi connectivity index (χ1v) is 3.51. The van der Waals surface area contributed by atoms with Crippen molar-refractivity contribution in [3.63, 3.8) is 0 Å². The van der Waals surface area contributed by atoms with Crippen LogP contribution in [0.5, 0.6) is 0 Å². The number of hydrogen-bond acceptors (Lipinski definition) is 2. The lowest BCUT2D eigenvalue weighted by atomic mass is 10.3. The third-order valence-corrected chi connectivity index (χ3v) is 0. The Labute approximate surface area is 64.8 Å². The predicted octanol–water partition coefficient (Wildman–Crippen LogP) is 1.83. The number of hydrogen-bond donors (Lipinski definition) is 1. The first kappa shape index (κ1) is 16.3. The second-order valence-corrected chi connectivity index (χ2v) is 2.98. The van der Waals surface area contributed by atoms with Crippen LogP contribution in [0, 0.1) is 5.92 Å². The van der Waals surface area contributed by atoms with E-state index < -0.39 is 0 Å². The topological polar surface area (TPSA) is 43.1 Å². The SMILES string of the molecule is C=O.CC(C)C.CC(C)N. The number of rotatable bonds is 0. The van der Waals surface area contributed by atoms with E-state index in [1.54, 1.807) is 0 Å². The third-order valence-electron chi connectivity index (χ3n) is 0. The van der Waals surface area contributed by atoms with E-state index in [4.69, 9.17) is 10.5 Å². The summed E-state index contributed by atoms with van der Waals surface area (Å²) in [5.74, 6) is 0.833. The van der Waals surface area contributed by atoms with Crippen LogP contribution in [0.1, 0.15) is 34.6 Å². The van der Waals surface area contributed by atoms with Gasteiger partial charge in [0, 0.05) is 0 Å². The lowest BCUT2D eigenvalue weighted by molar-refractivity contribution is -0.0979. The molecule has 2 nitrogen and oxygen atoms in total. The Morgan fingerprint density at radius 3 is 1.00 bits per heavy atom. The quantitative estimate of drug-likeness (QED) is 0.568. The van der Waals surface area contributed by atoms with Crippen molar-refractivity contribution in [2.24, 2.45) is 11.7 Å². The molecule has 0 saturated heterocycles. The molecular weight excluding hydrogens is 126 g/mol. The molecule has 0 heterocycles. The van der Waals surface area contributed by atoms with E-state index in [9.17, 15) is 0 Å². The Morgan fingerprint density at radius 2 is 1.00 bits per heavy atom. The third kappa shape index (κ3) is 2450. The van der Waals surface area contributed by atoms with Gasteiger partial charge in [-0.25, -0.2) is 0 Å². The van der Waals surface area contributed by atoms with Gasteiger partial charge in [0.2, 0.25) is 0 Å². The second kappa shape index (κ2) is 15.9. The summed E-state index contributed by atoms with van der Waals surface area (Å²) in [5.41, 5.74) is 5.11. The fourth-order valence-electron chi connectivity index (χ4n) is 0. The van der Waals surface area contributed by atoms with Crippen molar-refractivity contribution >= 4 is 6.79 Å². The van der Waals surface area contributed by atoms with Crippen molar-refractivity contribution in [3.8, 4) is 0 Å². The minimum atomic E-state index is 0.333. The zero-order chi connectivity index (χ0) is 9.15. The van der Waals surface area contributed by atoms with E-state index in [0.29, 0.717) is 6.04 Å². The Kier molecular flexibility index (Phi) is 25.9. The summed E-state index contributed by atoms with van der Waals surface area (Å²) in [7, 11) is 0. The predicted molar refractivity (Wildman–Crippen MR) is 47.0 cm³/mol. The van der Waals surface area contributed by atoms with Gasteiger partial charge in [-0.05, 0) is 12.0 Å². The molecule has 0 aromatic rings. The van der Waals surface area contributed by atoms with E-state index in [1.807, 2.05) is 20.6 Å². The minimum absolute atomic E-state index is 0.333. The molecule has 0 aliphatic carbocycles. The van der Waals surface area contributed by atoms with Crippen LogP contribution in [0.15, 0.2) is 0 Å². The lowest BCUT2D eigenvalue weighted by Gasteiger charge is -1.81. The Bertz CT molecular complexity index is 33.0. The van der Waals surface area contributed by atoms with Crippen LogP contribution in [0.2, 0.25) is 0 Å². The maximum atomic E-state index is 8.00. The van der Waals surface area contributed by atoms with Crippen LogP contribution in [-0.4, -0.2) is 12.8 Å². The highest BCUT2D eigenvalue weighted by Gasteiger charge is 1.68. The summed E-state index contributed by atoms with van der Waals surface area (Å²) in [6.45, 7) is 12.4. The van der Waals surface area contributed by atoms with Gasteiger partial charge >= 0.3 is 0 Å². The maximum absolute atomic E-state index is 8.00. The molecule has 10 heavy (non-hydrogen) atoms. The van der Waals surface area contributed by atoms with Crippen molar-refractivity contribution < 1.29 is 4.79 Å². The maximum Gasteiger partial charge on any atom is 0.106 e. The molecule has 0 unspecified atom stereocenters. The van der Waals surface area contributed by atoms with E-state index in [1.165, 1.54) is 0 Å². The Hall–Kier alpha value is -0.370. The summed E-state index contributed by atoms with van der Waals surface area (Å²) < 4.78 is 0. The highest BCUT2D eigenvalue weighted by Crippen LogP contribution is 1.81. The van der Waals surface area contributed by atoms with Crippen LogP contribution >= 0.6 is 0 Å². The number of carbonyl (C=O) groups excluding carboxylic acids is 1. The van der Waals surface area contributed by atoms with Crippen LogP contribution in [0.4, 0.5) is 0 Å². The average Bonchev–Trinajstić information content (AvgIpc) is 1.66. The summed E-state index contributed by atoms with van der Waals surface area (Å²) >= 11 is 0. The van der Waals surface area contributed by atoms with E-state index in [0.717, 1.165) is 5.92 Å². The molecule has 0 fully saturated rings. The molecular formula is C8H21NO. The largest absolute Gasteiger partial charge is 0.328 e. The summed E-state index contributed by atoms with van der Waals surface area (Å²) in [4.78, 5) is 8.00. The fourth-order valence-corrected chi connectivity index (χ4v) is 0. The summed E-state index contributed by atoms with van der Waals surface area (Å²) in [5, 5.41) is 0. The molecule has 0 spiro atoms. The summed E-state index contributed by atoms with van der Waals surface area (Å²) in [6, 6.07) is 0.333. The van der Waals surface area contributed by atoms with Gasteiger partial charge in [0.05, 0.1) is 0 Å². The highest BCUT2D eigenvalue weighted by atomic mass is 16.1. The van der Waals surface area contributed by atoms with Crippen molar-refractivity contribution in [1.82, 2.24) is 0 Å². The van der Waals surface area contributed by atoms with Gasteiger partial charge in [0.1, 0.15) is 6.79 Å². The molecule has 2 heteroatoms. The average molecular weight is 147 g/mol. The molecule has 0 rings (SSSR count). The molecule has 2 N–H and O–H groups in total. The number of nitrogens with two attached hydrogens (primary N) is 1. The monoisotopic (exact) mass is 147 g/mol. The molecule has 0 aromatic heterocycles. The minimum Gasteiger partial charge on any atom is -0.328 e. The van der Waals surface area contributed by atoms with Gasteiger partial charge in [0.15, 0.2) is 0 Å². The molecule has 0 aromatic carbocycles. The molecule has 0 amide bonds. The van der Waals surface area contributed by atoms with Crippen molar-refractivity contribution in [1.29, 1.82) is 0 Å². The smallest absolute Gasteiger partial charge is 0.106 e. The fraction of sp³-hybridized carbons (Fsp3) is 0.875. The zero-order valence-electron chi connectivity index (χ0n) is 7.85. The molecule has 0 aliphatic rings. The van der Waals surface area contributed by atoms with Gasteiger partial charge in [0.25, 0.3) is 0 Å². The standard InChI is InChI=1S/C4H10.C3H9N.CH2O/c1-4(2)3;1-3(2)4;1-2/h4H,1-3H3;3H,4H2,1-2H3;1H2. The van der Waals surface area contributed by atoms with Crippen LogP contribution in [0.3, 0.4) is 0 Å². The zero-order valence-corrected chi connectivity index (χ0v) is 7.85. The normalized spacial score (nSPS) is 7.60. The van der Waals surface area contributed by atoms with E-state index in [2.05, 4.69) is 20.8 Å². The van der Waals surface area contributed by atoms with Gasteiger partial charge < -0.3 is 10.5 Å². The van der Waals surface area contributed by atoms with Gasteiger partial charge in [-0.2, -0.15) is 0 Å². The first-order valence-electron chi connectivity index (χ1n) is 3.51. The first-order chi connectivity index (χ1) is 4.46. The van der Waals surface area contributed by atoms with Crippen LogP contribution in [-0.2, 0) is 4.79 Å². The molecule has 0 radical (unpaired) electrons. The number of carbonyl (C=O) groups is 1. The molecule has 0 saturated carbocycles. The van der Waals surface area contributed by atoms with Gasteiger partial charge in [-0.1, -0.05) is 34.6 Å². The van der Waals surface area contributed by atoms with Crippen LogP contribution in [0.25, 0.3) is 0 Å². The van der Waals surface area contributed by atoms with Crippen molar-refractivity contribution in [3.05, 3.63) is 0 Å². The Morgan fingerprint density at radius 1 is 1.00 bits per heavy atom. The molecule has 0 bridgehead atoms. The second-order valence-electron chi connectivity index (χ2n) is 2.98. The molecule has 0 atom stereocenters. The van der Waals surface area contributed by atoms with E-state index >= 15 is 0 Å². The lowest BCUT2D eigenvalue weighted by Crippen LogP contribution is -2.06. The summed E-state index contributed by atoms with van der Waals surface area (Å²) in [6.07, 6.45) is 0. The highest BCUT2D eigenvalue weighted by molar-refractivity contribution is 5.10. The van der Waals surface area contributed by atoms with Crippen LogP contribution < -0.4 is 5.73 Å². The van der Waals surface area contributed by atoms with E-state index in [-0.39, 0.29) is 0 Å².